The van der Waals surface area contributed by atoms with Crippen LogP contribution in [0.3, 0.4) is 0 Å². The predicted molar refractivity (Wildman–Crippen MR) is 83.4 cm³/mol. The Kier molecular flexibility index (Phi) is 5.52. The number of hydrogen-bond acceptors (Lipinski definition) is 3. The molecule has 0 aliphatic heterocycles. The molecule has 0 aliphatic rings. The third kappa shape index (κ3) is 5.10. The molecule has 0 saturated carbocycles. The second-order valence-electron chi connectivity index (χ2n) is 4.61. The van der Waals surface area contributed by atoms with Crippen LogP contribution in [0.25, 0.3) is 0 Å². The van der Waals surface area contributed by atoms with E-state index in [2.05, 4.69) is 10.5 Å². The van der Waals surface area contributed by atoms with Gasteiger partial charge in [-0.05, 0) is 17.7 Å². The van der Waals surface area contributed by atoms with Crippen LogP contribution >= 0.6 is 0 Å². The number of hydrazone groups is 1. The average Bonchev–Trinajstić information content (AvgIpc) is 2.54. The average molecular weight is 282 g/mol. The molecule has 1 unspecified atom stereocenters. The SMILES string of the molecule is CC(/C=N/NC(=O)COc1ccccc1)c1ccccc1. The van der Waals surface area contributed by atoms with Crippen LogP contribution in [0.5, 0.6) is 5.75 Å². The lowest BCUT2D eigenvalue weighted by Crippen LogP contribution is -2.24. The third-order valence-corrected chi connectivity index (χ3v) is 2.93. The molecule has 108 valence electrons. The van der Waals surface area contributed by atoms with Crippen molar-refractivity contribution >= 4 is 12.1 Å². The zero-order valence-corrected chi connectivity index (χ0v) is 11.9. The van der Waals surface area contributed by atoms with Crippen LogP contribution in [0.15, 0.2) is 65.8 Å². The van der Waals surface area contributed by atoms with Gasteiger partial charge in [-0.1, -0.05) is 55.5 Å². The number of rotatable bonds is 6. The Bertz CT molecular complexity index is 582. The first-order valence-electron chi connectivity index (χ1n) is 6.80. The van der Waals surface area contributed by atoms with Gasteiger partial charge in [0.2, 0.25) is 0 Å². The molecule has 1 amide bonds. The maximum absolute atomic E-state index is 11.6. The molecule has 1 atom stereocenters. The van der Waals surface area contributed by atoms with Crippen molar-refractivity contribution in [3.63, 3.8) is 0 Å². The summed E-state index contributed by atoms with van der Waals surface area (Å²) in [7, 11) is 0. The van der Waals surface area contributed by atoms with Gasteiger partial charge < -0.3 is 4.74 Å². The summed E-state index contributed by atoms with van der Waals surface area (Å²) in [6, 6.07) is 19.2. The van der Waals surface area contributed by atoms with E-state index in [1.807, 2.05) is 55.5 Å². The highest BCUT2D eigenvalue weighted by Crippen LogP contribution is 2.11. The van der Waals surface area contributed by atoms with Crippen molar-refractivity contribution in [2.75, 3.05) is 6.61 Å². The van der Waals surface area contributed by atoms with Crippen LogP contribution in [0.4, 0.5) is 0 Å². The Hall–Kier alpha value is -2.62. The normalized spacial score (nSPS) is 12.0. The van der Waals surface area contributed by atoms with E-state index in [1.54, 1.807) is 18.3 Å². The Morgan fingerprint density at radius 3 is 2.43 bits per heavy atom. The zero-order chi connectivity index (χ0) is 14.9. The van der Waals surface area contributed by atoms with E-state index in [9.17, 15) is 4.79 Å². The summed E-state index contributed by atoms with van der Waals surface area (Å²) in [6.07, 6.45) is 1.70. The van der Waals surface area contributed by atoms with Crippen molar-refractivity contribution in [1.29, 1.82) is 0 Å². The number of nitrogens with zero attached hydrogens (tertiary/aromatic N) is 1. The molecule has 1 N–H and O–H groups in total. The molecule has 21 heavy (non-hydrogen) atoms. The number of ether oxygens (including phenoxy) is 1. The number of benzene rings is 2. The molecular weight excluding hydrogens is 264 g/mol. The van der Waals surface area contributed by atoms with Crippen molar-refractivity contribution in [3.8, 4) is 5.75 Å². The van der Waals surface area contributed by atoms with Crippen LogP contribution in [-0.4, -0.2) is 18.7 Å². The van der Waals surface area contributed by atoms with Crippen LogP contribution in [0.1, 0.15) is 18.4 Å². The molecule has 2 rings (SSSR count). The van der Waals surface area contributed by atoms with Crippen LogP contribution in [-0.2, 0) is 4.79 Å². The molecular formula is C17H18N2O2. The minimum Gasteiger partial charge on any atom is -0.484 e. The first kappa shape index (κ1) is 14.8. The van der Waals surface area contributed by atoms with E-state index in [0.717, 1.165) is 5.56 Å². The summed E-state index contributed by atoms with van der Waals surface area (Å²) in [6.45, 7) is 1.96. The Morgan fingerprint density at radius 1 is 1.14 bits per heavy atom. The highest BCUT2D eigenvalue weighted by atomic mass is 16.5. The second kappa shape index (κ2) is 7.85. The zero-order valence-electron chi connectivity index (χ0n) is 11.9. The quantitative estimate of drug-likeness (QED) is 0.654. The summed E-state index contributed by atoms with van der Waals surface area (Å²) in [5.41, 5.74) is 3.61. The Morgan fingerprint density at radius 2 is 1.76 bits per heavy atom. The van der Waals surface area contributed by atoms with Crippen molar-refractivity contribution in [2.24, 2.45) is 5.10 Å². The highest BCUT2D eigenvalue weighted by Gasteiger charge is 2.03. The number of hydrogen-bond donors (Lipinski definition) is 1. The summed E-state index contributed by atoms with van der Waals surface area (Å²) in [5.74, 6) is 0.520. The molecule has 4 nitrogen and oxygen atoms in total. The molecule has 0 heterocycles. The lowest BCUT2D eigenvalue weighted by atomic mass is 10.0. The van der Waals surface area contributed by atoms with Gasteiger partial charge in [-0.3, -0.25) is 4.79 Å². The number of carbonyl (C=O) groups is 1. The highest BCUT2D eigenvalue weighted by molar-refractivity contribution is 5.78. The number of para-hydroxylation sites is 1. The van der Waals surface area contributed by atoms with Crippen LogP contribution in [0, 0.1) is 0 Å². The number of nitrogens with one attached hydrogen (secondary N) is 1. The molecule has 0 fully saturated rings. The van der Waals surface area contributed by atoms with Crippen molar-refractivity contribution < 1.29 is 9.53 Å². The fourth-order valence-corrected chi connectivity index (χ4v) is 1.76. The third-order valence-electron chi connectivity index (χ3n) is 2.93. The monoisotopic (exact) mass is 282 g/mol. The lowest BCUT2D eigenvalue weighted by Gasteiger charge is -2.06. The molecule has 0 aromatic heterocycles. The maximum atomic E-state index is 11.6. The van der Waals surface area contributed by atoms with Crippen molar-refractivity contribution in [2.45, 2.75) is 12.8 Å². The van der Waals surface area contributed by atoms with E-state index in [4.69, 9.17) is 4.74 Å². The first-order chi connectivity index (χ1) is 10.3. The van der Waals surface area contributed by atoms with Crippen molar-refractivity contribution in [1.82, 2.24) is 5.43 Å². The molecule has 2 aromatic carbocycles. The van der Waals surface area contributed by atoms with E-state index in [1.165, 1.54) is 0 Å². The fourth-order valence-electron chi connectivity index (χ4n) is 1.76. The summed E-state index contributed by atoms with van der Waals surface area (Å²) >= 11 is 0. The number of carbonyl (C=O) groups excluding carboxylic acids is 1. The van der Waals surface area contributed by atoms with Crippen molar-refractivity contribution in [3.05, 3.63) is 66.2 Å². The Labute approximate surface area is 124 Å². The minimum absolute atomic E-state index is 0.0545. The molecule has 4 heteroatoms. The molecule has 0 saturated heterocycles. The molecule has 0 radical (unpaired) electrons. The van der Waals surface area contributed by atoms with Gasteiger partial charge >= 0.3 is 0 Å². The van der Waals surface area contributed by atoms with E-state index in [-0.39, 0.29) is 18.4 Å². The number of amides is 1. The van der Waals surface area contributed by atoms with Crippen LogP contribution < -0.4 is 10.2 Å². The minimum atomic E-state index is -0.282. The van der Waals surface area contributed by atoms with Gasteiger partial charge in [0.25, 0.3) is 5.91 Å². The standard InChI is InChI=1S/C17H18N2O2/c1-14(15-8-4-2-5-9-15)12-18-19-17(20)13-21-16-10-6-3-7-11-16/h2-12,14H,13H2,1H3,(H,19,20)/b18-12+. The predicted octanol–water partition coefficient (Wildman–Crippen LogP) is 2.97. The largest absolute Gasteiger partial charge is 0.484 e. The van der Waals surface area contributed by atoms with Gasteiger partial charge in [-0.15, -0.1) is 0 Å². The summed E-state index contributed by atoms with van der Waals surface area (Å²) in [4.78, 5) is 11.6. The van der Waals surface area contributed by atoms with E-state index < -0.39 is 0 Å². The summed E-state index contributed by atoms with van der Waals surface area (Å²) in [5, 5.41) is 3.96. The molecule has 2 aromatic rings. The van der Waals surface area contributed by atoms with Gasteiger partial charge in [0.05, 0.1) is 0 Å². The molecule has 0 spiro atoms. The van der Waals surface area contributed by atoms with Gasteiger partial charge in [-0.25, -0.2) is 5.43 Å². The molecule has 0 bridgehead atoms. The summed E-state index contributed by atoms with van der Waals surface area (Å²) < 4.78 is 5.32. The fraction of sp³-hybridized carbons (Fsp3) is 0.176. The first-order valence-corrected chi connectivity index (χ1v) is 6.80. The smallest absolute Gasteiger partial charge is 0.277 e. The lowest BCUT2D eigenvalue weighted by molar-refractivity contribution is -0.123. The van der Waals surface area contributed by atoms with E-state index >= 15 is 0 Å². The van der Waals surface area contributed by atoms with Gasteiger partial charge in [0, 0.05) is 12.1 Å². The maximum Gasteiger partial charge on any atom is 0.277 e. The Balaban J connectivity index is 1.75. The van der Waals surface area contributed by atoms with Gasteiger partial charge in [0.1, 0.15) is 5.75 Å². The second-order valence-corrected chi connectivity index (χ2v) is 4.61. The van der Waals surface area contributed by atoms with Gasteiger partial charge in [0.15, 0.2) is 6.61 Å². The van der Waals surface area contributed by atoms with E-state index in [0.29, 0.717) is 5.75 Å². The van der Waals surface area contributed by atoms with Gasteiger partial charge in [-0.2, -0.15) is 5.10 Å². The molecule has 0 aliphatic carbocycles. The topological polar surface area (TPSA) is 50.7 Å². The van der Waals surface area contributed by atoms with Crippen LogP contribution in [0.2, 0.25) is 0 Å².